The maximum atomic E-state index is 10.3. The van der Waals surface area contributed by atoms with Crippen LogP contribution in [0.25, 0.3) is 0 Å². The molecule has 6 heteroatoms. The average Bonchev–Trinajstić information content (AvgIpc) is 2.79. The minimum atomic E-state index is -0.740. The second-order valence-electron chi connectivity index (χ2n) is 7.20. The van der Waals surface area contributed by atoms with E-state index in [-0.39, 0.29) is 12.4 Å². The molecule has 30 heavy (non-hydrogen) atoms. The molecule has 2 atom stereocenters. The zero-order valence-corrected chi connectivity index (χ0v) is 16.7. The van der Waals surface area contributed by atoms with E-state index >= 15 is 0 Å². The SMILES string of the molecule is OCc1cc(C(O)CNCc2ccc(NCC(O)c3ccccc3)cc2)ccc1O. The van der Waals surface area contributed by atoms with Gasteiger partial charge in [0.15, 0.2) is 0 Å². The van der Waals surface area contributed by atoms with Gasteiger partial charge in [-0.25, -0.2) is 0 Å². The molecule has 0 aliphatic heterocycles. The molecule has 0 saturated carbocycles. The molecule has 3 rings (SSSR count). The van der Waals surface area contributed by atoms with Crippen LogP contribution in [-0.2, 0) is 13.2 Å². The summed E-state index contributed by atoms with van der Waals surface area (Å²) in [6, 6.07) is 22.2. The molecule has 0 saturated heterocycles. The number of anilines is 1. The zero-order valence-electron chi connectivity index (χ0n) is 16.7. The van der Waals surface area contributed by atoms with E-state index in [4.69, 9.17) is 0 Å². The lowest BCUT2D eigenvalue weighted by atomic mass is 10.1. The Labute approximate surface area is 176 Å². The van der Waals surface area contributed by atoms with Crippen LogP contribution in [0.1, 0.15) is 34.5 Å². The standard InChI is InChI=1S/C24H28N2O4/c27-16-20-12-19(8-11-22(20)28)23(29)14-25-13-17-6-9-21(10-7-17)26-15-24(30)18-4-2-1-3-5-18/h1-12,23-30H,13-16H2. The first-order valence-corrected chi connectivity index (χ1v) is 9.94. The summed E-state index contributed by atoms with van der Waals surface area (Å²) in [6.45, 7) is 1.09. The topological polar surface area (TPSA) is 105 Å². The fourth-order valence-corrected chi connectivity index (χ4v) is 3.16. The minimum Gasteiger partial charge on any atom is -0.508 e. The average molecular weight is 408 g/mol. The van der Waals surface area contributed by atoms with Crippen molar-refractivity contribution in [2.75, 3.05) is 18.4 Å². The summed E-state index contributed by atoms with van der Waals surface area (Å²) in [7, 11) is 0. The van der Waals surface area contributed by atoms with E-state index in [1.807, 2.05) is 54.6 Å². The Kier molecular flexibility index (Phi) is 7.82. The molecule has 0 fully saturated rings. The maximum Gasteiger partial charge on any atom is 0.121 e. The summed E-state index contributed by atoms with van der Waals surface area (Å²) >= 11 is 0. The van der Waals surface area contributed by atoms with Crippen molar-refractivity contribution in [2.45, 2.75) is 25.4 Å². The Balaban J connectivity index is 1.44. The lowest BCUT2D eigenvalue weighted by molar-refractivity contribution is 0.174. The Bertz CT molecular complexity index is 916. The van der Waals surface area contributed by atoms with Gasteiger partial charge in [0.25, 0.3) is 0 Å². The number of benzene rings is 3. The summed E-state index contributed by atoms with van der Waals surface area (Å²) in [5.74, 6) is 0.0198. The van der Waals surface area contributed by atoms with Crippen LogP contribution in [0.4, 0.5) is 5.69 Å². The highest BCUT2D eigenvalue weighted by molar-refractivity contribution is 5.45. The van der Waals surface area contributed by atoms with Gasteiger partial charge >= 0.3 is 0 Å². The van der Waals surface area contributed by atoms with Crippen LogP contribution in [0, 0.1) is 0 Å². The van der Waals surface area contributed by atoms with Gasteiger partial charge in [0.2, 0.25) is 0 Å². The van der Waals surface area contributed by atoms with Gasteiger partial charge in [0.1, 0.15) is 5.75 Å². The number of phenols is 1. The fraction of sp³-hybridized carbons (Fsp3) is 0.250. The molecule has 6 nitrogen and oxygen atoms in total. The van der Waals surface area contributed by atoms with E-state index in [0.717, 1.165) is 16.8 Å². The van der Waals surface area contributed by atoms with Crippen LogP contribution in [0.3, 0.4) is 0 Å². The van der Waals surface area contributed by atoms with Gasteiger partial charge in [-0.15, -0.1) is 0 Å². The van der Waals surface area contributed by atoms with E-state index < -0.39 is 12.2 Å². The highest BCUT2D eigenvalue weighted by atomic mass is 16.3. The number of hydrogen-bond acceptors (Lipinski definition) is 6. The predicted molar refractivity (Wildman–Crippen MR) is 117 cm³/mol. The number of aliphatic hydroxyl groups excluding tert-OH is 3. The smallest absolute Gasteiger partial charge is 0.121 e. The van der Waals surface area contributed by atoms with E-state index in [2.05, 4.69) is 10.6 Å². The van der Waals surface area contributed by atoms with Gasteiger partial charge < -0.3 is 31.1 Å². The number of rotatable bonds is 10. The summed E-state index contributed by atoms with van der Waals surface area (Å²) in [5.41, 5.74) is 3.91. The molecule has 3 aromatic rings. The molecule has 6 N–H and O–H groups in total. The highest BCUT2D eigenvalue weighted by Gasteiger charge is 2.10. The van der Waals surface area contributed by atoms with Crippen LogP contribution in [-0.4, -0.2) is 33.5 Å². The summed E-state index contributed by atoms with van der Waals surface area (Å²) in [5, 5.41) is 45.8. The molecular weight excluding hydrogens is 380 g/mol. The molecular formula is C24H28N2O4. The third kappa shape index (κ3) is 6.05. The van der Waals surface area contributed by atoms with Crippen LogP contribution >= 0.6 is 0 Å². The molecule has 158 valence electrons. The Hall–Kier alpha value is -2.90. The lowest BCUT2D eigenvalue weighted by Crippen LogP contribution is -2.21. The van der Waals surface area contributed by atoms with Gasteiger partial charge in [-0.1, -0.05) is 48.5 Å². The van der Waals surface area contributed by atoms with E-state index in [9.17, 15) is 20.4 Å². The molecule has 2 unspecified atom stereocenters. The van der Waals surface area contributed by atoms with Crippen LogP contribution in [0.2, 0.25) is 0 Å². The molecule has 0 heterocycles. The van der Waals surface area contributed by atoms with Gasteiger partial charge in [0, 0.05) is 30.9 Å². The quantitative estimate of drug-likeness (QED) is 0.308. The van der Waals surface area contributed by atoms with E-state index in [1.54, 1.807) is 12.1 Å². The van der Waals surface area contributed by atoms with Crippen LogP contribution < -0.4 is 10.6 Å². The molecule has 0 spiro atoms. The largest absolute Gasteiger partial charge is 0.508 e. The van der Waals surface area contributed by atoms with Crippen molar-refractivity contribution in [1.29, 1.82) is 0 Å². The van der Waals surface area contributed by atoms with Gasteiger partial charge in [-0.3, -0.25) is 0 Å². The molecule has 0 aromatic heterocycles. The van der Waals surface area contributed by atoms with Crippen molar-refractivity contribution in [3.05, 3.63) is 95.1 Å². The van der Waals surface area contributed by atoms with Crippen molar-refractivity contribution in [3.63, 3.8) is 0 Å². The van der Waals surface area contributed by atoms with Crippen molar-refractivity contribution in [3.8, 4) is 5.75 Å². The molecule has 3 aromatic carbocycles. The summed E-state index contributed by atoms with van der Waals surface area (Å²) < 4.78 is 0. The normalized spacial score (nSPS) is 13.0. The minimum absolute atomic E-state index is 0.0198. The van der Waals surface area contributed by atoms with E-state index in [1.165, 1.54) is 6.07 Å². The van der Waals surface area contributed by atoms with Gasteiger partial charge in [-0.05, 0) is 41.0 Å². The highest BCUT2D eigenvalue weighted by Crippen LogP contribution is 2.22. The number of aliphatic hydroxyl groups is 3. The maximum absolute atomic E-state index is 10.3. The van der Waals surface area contributed by atoms with Crippen molar-refractivity contribution >= 4 is 5.69 Å². The molecule has 0 aliphatic rings. The Morgan fingerprint density at radius 2 is 1.47 bits per heavy atom. The molecule has 0 amide bonds. The van der Waals surface area contributed by atoms with Gasteiger partial charge in [0.05, 0.1) is 18.8 Å². The van der Waals surface area contributed by atoms with E-state index in [0.29, 0.717) is 30.8 Å². The number of nitrogens with one attached hydrogen (secondary N) is 2. The Morgan fingerprint density at radius 1 is 0.767 bits per heavy atom. The van der Waals surface area contributed by atoms with Crippen molar-refractivity contribution in [1.82, 2.24) is 5.32 Å². The third-order valence-corrected chi connectivity index (χ3v) is 4.96. The first-order chi connectivity index (χ1) is 14.6. The number of aromatic hydroxyl groups is 1. The molecule has 0 bridgehead atoms. The van der Waals surface area contributed by atoms with Crippen molar-refractivity contribution < 1.29 is 20.4 Å². The summed E-state index contributed by atoms with van der Waals surface area (Å²) in [6.07, 6.45) is -1.31. The Morgan fingerprint density at radius 3 is 2.17 bits per heavy atom. The van der Waals surface area contributed by atoms with Gasteiger partial charge in [-0.2, -0.15) is 0 Å². The van der Waals surface area contributed by atoms with Crippen molar-refractivity contribution in [2.24, 2.45) is 0 Å². The zero-order chi connectivity index (χ0) is 21.3. The first kappa shape index (κ1) is 21.8. The summed E-state index contributed by atoms with van der Waals surface area (Å²) in [4.78, 5) is 0. The lowest BCUT2D eigenvalue weighted by Gasteiger charge is -2.15. The van der Waals surface area contributed by atoms with Crippen LogP contribution in [0.15, 0.2) is 72.8 Å². The number of hydrogen-bond donors (Lipinski definition) is 6. The fourth-order valence-electron chi connectivity index (χ4n) is 3.16. The monoisotopic (exact) mass is 408 g/mol. The predicted octanol–water partition coefficient (Wildman–Crippen LogP) is 2.85. The second kappa shape index (κ2) is 10.8. The molecule has 0 radical (unpaired) electrons. The third-order valence-electron chi connectivity index (χ3n) is 4.96. The second-order valence-corrected chi connectivity index (χ2v) is 7.20. The van der Waals surface area contributed by atoms with Crippen LogP contribution in [0.5, 0.6) is 5.75 Å². The first-order valence-electron chi connectivity index (χ1n) is 9.94. The molecule has 0 aliphatic carbocycles.